The molecule has 2 aliphatic heterocycles. The fraction of sp³-hybridized carbons (Fsp3) is 0.789. The Bertz CT molecular complexity index is 560. The van der Waals surface area contributed by atoms with Crippen molar-refractivity contribution in [3.8, 4) is 0 Å². The van der Waals surface area contributed by atoms with Gasteiger partial charge in [-0.3, -0.25) is 4.68 Å². The monoisotopic (exact) mass is 349 g/mol. The number of amides is 1. The predicted octanol–water partition coefficient (Wildman–Crippen LogP) is 3.38. The van der Waals surface area contributed by atoms with E-state index in [1.165, 1.54) is 18.5 Å². The van der Waals surface area contributed by atoms with E-state index in [2.05, 4.69) is 15.8 Å². The maximum atomic E-state index is 12.1. The van der Waals surface area contributed by atoms with Gasteiger partial charge in [-0.25, -0.2) is 4.79 Å². The molecule has 1 fully saturated rings. The lowest BCUT2D eigenvalue weighted by Gasteiger charge is -2.33. The normalized spacial score (nSPS) is 18.9. The second-order valence-corrected chi connectivity index (χ2v) is 8.23. The van der Waals surface area contributed by atoms with Crippen LogP contribution < -0.4 is 0 Å². The Labute approximate surface area is 150 Å². The number of ether oxygens (including phenoxy) is 2. The van der Waals surface area contributed by atoms with Crippen molar-refractivity contribution in [3.05, 3.63) is 17.5 Å². The highest BCUT2D eigenvalue weighted by atomic mass is 16.6. The van der Waals surface area contributed by atoms with Crippen molar-refractivity contribution in [2.75, 3.05) is 19.7 Å². The van der Waals surface area contributed by atoms with Gasteiger partial charge in [-0.2, -0.15) is 5.10 Å². The van der Waals surface area contributed by atoms with Crippen LogP contribution in [0, 0.1) is 5.92 Å². The van der Waals surface area contributed by atoms with E-state index in [0.29, 0.717) is 12.5 Å². The van der Waals surface area contributed by atoms with Crippen molar-refractivity contribution in [2.24, 2.45) is 5.92 Å². The number of aromatic nitrogens is 2. The quantitative estimate of drug-likeness (QED) is 0.836. The Kier molecular flexibility index (Phi) is 5.67. The largest absolute Gasteiger partial charge is 0.444 e. The minimum Gasteiger partial charge on any atom is -0.444 e. The maximum absolute atomic E-state index is 12.1. The Balaban J connectivity index is 1.37. The third-order valence-electron chi connectivity index (χ3n) is 4.84. The summed E-state index contributed by atoms with van der Waals surface area (Å²) in [5.41, 5.74) is 1.96. The molecule has 3 heterocycles. The van der Waals surface area contributed by atoms with Crippen LogP contribution in [0.2, 0.25) is 0 Å². The fourth-order valence-electron chi connectivity index (χ4n) is 3.49. The molecule has 6 nitrogen and oxygen atoms in total. The second-order valence-electron chi connectivity index (χ2n) is 8.23. The molecule has 0 spiro atoms. The molecule has 0 atom stereocenters. The van der Waals surface area contributed by atoms with E-state index in [0.717, 1.165) is 51.2 Å². The van der Waals surface area contributed by atoms with E-state index in [1.807, 2.05) is 25.7 Å². The lowest BCUT2D eigenvalue weighted by molar-refractivity contribution is 0.0103. The zero-order valence-electron chi connectivity index (χ0n) is 15.8. The zero-order valence-corrected chi connectivity index (χ0v) is 15.8. The van der Waals surface area contributed by atoms with Crippen molar-refractivity contribution >= 4 is 6.09 Å². The van der Waals surface area contributed by atoms with Crippen LogP contribution in [0.5, 0.6) is 0 Å². The summed E-state index contributed by atoms with van der Waals surface area (Å²) < 4.78 is 13.5. The highest BCUT2D eigenvalue weighted by molar-refractivity contribution is 5.68. The maximum Gasteiger partial charge on any atom is 0.410 e. The first-order valence-electron chi connectivity index (χ1n) is 9.52. The van der Waals surface area contributed by atoms with Crippen LogP contribution in [-0.4, -0.2) is 46.1 Å². The molecule has 0 aromatic carbocycles. The fourth-order valence-corrected chi connectivity index (χ4v) is 3.49. The number of likely N-dealkylation sites (tertiary alicyclic amines) is 1. The van der Waals surface area contributed by atoms with Crippen LogP contribution in [0.4, 0.5) is 4.79 Å². The van der Waals surface area contributed by atoms with Crippen LogP contribution >= 0.6 is 0 Å². The van der Waals surface area contributed by atoms with Gasteiger partial charge in [0.1, 0.15) is 5.60 Å². The zero-order chi connectivity index (χ0) is 17.9. The minimum absolute atomic E-state index is 0.199. The molecule has 0 radical (unpaired) electrons. The molecule has 0 saturated carbocycles. The lowest BCUT2D eigenvalue weighted by Crippen LogP contribution is -2.42. The topological polar surface area (TPSA) is 56.6 Å². The number of hydrogen-bond acceptors (Lipinski definition) is 4. The van der Waals surface area contributed by atoms with E-state index in [-0.39, 0.29) is 6.09 Å². The highest BCUT2D eigenvalue weighted by Gasteiger charge is 2.27. The lowest BCUT2D eigenvalue weighted by atomic mass is 9.98. The molecule has 0 unspecified atom stereocenters. The Hall–Kier alpha value is -1.56. The molecule has 1 amide bonds. The standard InChI is InChI=1S/C19H31N3O3/c1-19(2,3)25-18(23)21-10-7-15(8-11-21)13-24-14-16-12-17-6-4-5-9-22(17)20-16/h12,15H,4-11,13-14H2,1-3H3. The summed E-state index contributed by atoms with van der Waals surface area (Å²) in [5.74, 6) is 0.510. The number of hydrogen-bond donors (Lipinski definition) is 0. The molecule has 1 aromatic heterocycles. The SMILES string of the molecule is CC(C)(C)OC(=O)N1CCC(COCc2cc3n(n2)CCCC3)CC1. The van der Waals surface area contributed by atoms with Crippen LogP contribution in [-0.2, 0) is 29.0 Å². The second kappa shape index (κ2) is 7.77. The molecule has 0 N–H and O–H groups in total. The molecule has 25 heavy (non-hydrogen) atoms. The van der Waals surface area contributed by atoms with Crippen LogP contribution in [0.1, 0.15) is 57.8 Å². The summed E-state index contributed by atoms with van der Waals surface area (Å²) in [6.07, 6.45) is 5.37. The van der Waals surface area contributed by atoms with Gasteiger partial charge in [-0.1, -0.05) is 0 Å². The van der Waals surface area contributed by atoms with Crippen molar-refractivity contribution in [1.29, 1.82) is 0 Å². The van der Waals surface area contributed by atoms with Crippen LogP contribution in [0.15, 0.2) is 6.07 Å². The number of piperidine rings is 1. The molecular weight excluding hydrogens is 318 g/mol. The van der Waals surface area contributed by atoms with Gasteiger partial charge in [0, 0.05) is 25.3 Å². The first kappa shape index (κ1) is 18.2. The van der Waals surface area contributed by atoms with Gasteiger partial charge >= 0.3 is 6.09 Å². The van der Waals surface area contributed by atoms with E-state index >= 15 is 0 Å². The van der Waals surface area contributed by atoms with E-state index in [1.54, 1.807) is 0 Å². The number of nitrogens with zero attached hydrogens (tertiary/aromatic N) is 3. The summed E-state index contributed by atoms with van der Waals surface area (Å²) in [6.45, 7) is 9.58. The molecule has 6 heteroatoms. The molecule has 2 aliphatic rings. The summed E-state index contributed by atoms with van der Waals surface area (Å²) in [6, 6.07) is 2.18. The molecule has 1 aromatic rings. The smallest absolute Gasteiger partial charge is 0.410 e. The Morgan fingerprint density at radius 3 is 2.68 bits per heavy atom. The van der Waals surface area contributed by atoms with Crippen molar-refractivity contribution in [1.82, 2.24) is 14.7 Å². The number of carbonyl (C=O) groups excluding carboxylic acids is 1. The Morgan fingerprint density at radius 1 is 1.24 bits per heavy atom. The molecule has 0 bridgehead atoms. The number of aryl methyl sites for hydroxylation is 2. The van der Waals surface area contributed by atoms with Gasteiger partial charge in [0.05, 0.1) is 18.9 Å². The third-order valence-corrected chi connectivity index (χ3v) is 4.84. The van der Waals surface area contributed by atoms with Crippen molar-refractivity contribution in [3.63, 3.8) is 0 Å². The van der Waals surface area contributed by atoms with Crippen molar-refractivity contribution < 1.29 is 14.3 Å². The highest BCUT2D eigenvalue weighted by Crippen LogP contribution is 2.21. The van der Waals surface area contributed by atoms with E-state index in [4.69, 9.17) is 9.47 Å². The summed E-state index contributed by atoms with van der Waals surface area (Å²) in [4.78, 5) is 13.9. The first-order chi connectivity index (χ1) is 11.9. The molecular formula is C19H31N3O3. The molecule has 0 aliphatic carbocycles. The average molecular weight is 349 g/mol. The van der Waals surface area contributed by atoms with Gasteiger partial charge in [-0.15, -0.1) is 0 Å². The Morgan fingerprint density at radius 2 is 2.00 bits per heavy atom. The summed E-state index contributed by atoms with van der Waals surface area (Å²) in [5, 5.41) is 4.62. The molecule has 140 valence electrons. The van der Waals surface area contributed by atoms with Gasteiger partial charge < -0.3 is 14.4 Å². The molecule has 1 saturated heterocycles. The van der Waals surface area contributed by atoms with E-state index in [9.17, 15) is 4.79 Å². The van der Waals surface area contributed by atoms with Crippen LogP contribution in [0.25, 0.3) is 0 Å². The van der Waals surface area contributed by atoms with Gasteiger partial charge in [0.15, 0.2) is 0 Å². The van der Waals surface area contributed by atoms with E-state index < -0.39 is 5.60 Å². The number of rotatable bonds is 4. The third kappa shape index (κ3) is 5.21. The predicted molar refractivity (Wildman–Crippen MR) is 95.4 cm³/mol. The van der Waals surface area contributed by atoms with Gasteiger partial charge in [-0.05, 0) is 64.9 Å². The average Bonchev–Trinajstić information content (AvgIpc) is 2.96. The van der Waals surface area contributed by atoms with Gasteiger partial charge in [0.2, 0.25) is 0 Å². The summed E-state index contributed by atoms with van der Waals surface area (Å²) in [7, 11) is 0. The first-order valence-corrected chi connectivity index (χ1v) is 9.52. The minimum atomic E-state index is -0.430. The summed E-state index contributed by atoms with van der Waals surface area (Å²) >= 11 is 0. The van der Waals surface area contributed by atoms with Gasteiger partial charge in [0.25, 0.3) is 0 Å². The van der Waals surface area contributed by atoms with Crippen molar-refractivity contribution in [2.45, 2.75) is 71.6 Å². The number of fused-ring (bicyclic) bond motifs is 1. The molecule has 3 rings (SSSR count). The number of carbonyl (C=O) groups is 1. The van der Waals surface area contributed by atoms with Crippen LogP contribution in [0.3, 0.4) is 0 Å².